The number of aliphatic carboxylic acids is 1. The van der Waals surface area contributed by atoms with E-state index in [-0.39, 0.29) is 18.6 Å². The zero-order valence-electron chi connectivity index (χ0n) is 13.8. The van der Waals surface area contributed by atoms with E-state index in [1.807, 2.05) is 32.0 Å². The van der Waals surface area contributed by atoms with Crippen molar-refractivity contribution < 1.29 is 19.4 Å². The molecule has 0 heterocycles. The van der Waals surface area contributed by atoms with Gasteiger partial charge < -0.3 is 15.2 Å². The fourth-order valence-electron chi connectivity index (χ4n) is 3.03. The van der Waals surface area contributed by atoms with E-state index in [9.17, 15) is 14.7 Å². The third-order valence-corrected chi connectivity index (χ3v) is 4.38. The van der Waals surface area contributed by atoms with Gasteiger partial charge in [-0.15, -0.1) is 0 Å². The molecule has 2 atom stereocenters. The first-order valence-corrected chi connectivity index (χ1v) is 8.19. The molecule has 1 amide bonds. The van der Waals surface area contributed by atoms with Gasteiger partial charge in [-0.1, -0.05) is 31.4 Å². The second-order valence-corrected chi connectivity index (χ2v) is 6.31. The summed E-state index contributed by atoms with van der Waals surface area (Å²) in [7, 11) is 0. The number of ether oxygens (including phenoxy) is 1. The van der Waals surface area contributed by atoms with Crippen LogP contribution in [0, 0.1) is 19.8 Å². The normalized spacial score (nSPS) is 21.3. The summed E-state index contributed by atoms with van der Waals surface area (Å²) in [6.07, 6.45) is 4.22. The standard InChI is InChI=1S/C18H25NO4/c1-12-8-9-13(2)16(10-12)23-11-17(20)19-15-7-5-3-4-6-14(15)18(21)22/h8-10,14-15H,3-7,11H2,1-2H3,(H,19,20)(H,21,22)/t14-,15+/m1/s1. The second-order valence-electron chi connectivity index (χ2n) is 6.31. The molecule has 2 rings (SSSR count). The van der Waals surface area contributed by atoms with Crippen LogP contribution in [0.15, 0.2) is 18.2 Å². The predicted molar refractivity (Wildman–Crippen MR) is 87.6 cm³/mol. The van der Waals surface area contributed by atoms with Crippen molar-refractivity contribution >= 4 is 11.9 Å². The van der Waals surface area contributed by atoms with Gasteiger partial charge >= 0.3 is 5.97 Å². The Morgan fingerprint density at radius 3 is 2.70 bits per heavy atom. The van der Waals surface area contributed by atoms with E-state index in [2.05, 4.69) is 5.32 Å². The van der Waals surface area contributed by atoms with Crippen LogP contribution < -0.4 is 10.1 Å². The van der Waals surface area contributed by atoms with Crippen molar-refractivity contribution in [3.63, 3.8) is 0 Å². The van der Waals surface area contributed by atoms with E-state index in [0.717, 1.165) is 30.4 Å². The molecule has 1 aromatic carbocycles. The summed E-state index contributed by atoms with van der Waals surface area (Å²) in [5.74, 6) is -0.894. The topological polar surface area (TPSA) is 75.6 Å². The highest BCUT2D eigenvalue weighted by molar-refractivity contribution is 5.79. The van der Waals surface area contributed by atoms with Gasteiger partial charge in [0.15, 0.2) is 6.61 Å². The molecule has 0 radical (unpaired) electrons. The van der Waals surface area contributed by atoms with Crippen LogP contribution in [0.3, 0.4) is 0 Å². The van der Waals surface area contributed by atoms with E-state index in [1.54, 1.807) is 0 Å². The lowest BCUT2D eigenvalue weighted by Gasteiger charge is -2.23. The lowest BCUT2D eigenvalue weighted by atomic mass is 9.95. The maximum Gasteiger partial charge on any atom is 0.308 e. The summed E-state index contributed by atoms with van der Waals surface area (Å²) in [4.78, 5) is 23.5. The quantitative estimate of drug-likeness (QED) is 0.818. The molecule has 5 heteroatoms. The number of hydrogen-bond acceptors (Lipinski definition) is 3. The van der Waals surface area contributed by atoms with Gasteiger partial charge in [-0.2, -0.15) is 0 Å². The van der Waals surface area contributed by atoms with Crippen molar-refractivity contribution in [2.75, 3.05) is 6.61 Å². The minimum absolute atomic E-state index is 0.0901. The SMILES string of the molecule is Cc1ccc(C)c(OCC(=O)N[C@H]2CCCCC[C@H]2C(=O)O)c1. The van der Waals surface area contributed by atoms with E-state index in [1.165, 1.54) is 0 Å². The fourth-order valence-corrected chi connectivity index (χ4v) is 3.03. The third kappa shape index (κ3) is 4.98. The number of carbonyl (C=O) groups excluding carboxylic acids is 1. The molecule has 1 aliphatic carbocycles. The Morgan fingerprint density at radius 2 is 1.96 bits per heavy atom. The molecular formula is C18H25NO4. The van der Waals surface area contributed by atoms with Crippen LogP contribution in [0.4, 0.5) is 0 Å². The zero-order chi connectivity index (χ0) is 16.8. The number of carbonyl (C=O) groups is 2. The van der Waals surface area contributed by atoms with Crippen LogP contribution in [0.1, 0.15) is 43.2 Å². The van der Waals surface area contributed by atoms with E-state index >= 15 is 0 Å². The Bertz CT molecular complexity index is 570. The van der Waals surface area contributed by atoms with Crippen molar-refractivity contribution in [1.29, 1.82) is 0 Å². The first kappa shape index (κ1) is 17.3. The first-order valence-electron chi connectivity index (χ1n) is 8.19. The van der Waals surface area contributed by atoms with Crippen molar-refractivity contribution in [3.05, 3.63) is 29.3 Å². The number of rotatable bonds is 5. The molecule has 0 saturated heterocycles. The summed E-state index contributed by atoms with van der Waals surface area (Å²) in [5.41, 5.74) is 2.04. The molecule has 1 aromatic rings. The van der Waals surface area contributed by atoms with Crippen molar-refractivity contribution in [2.24, 2.45) is 5.92 Å². The molecule has 1 aliphatic rings. The molecule has 0 spiro atoms. The largest absolute Gasteiger partial charge is 0.483 e. The molecule has 1 saturated carbocycles. The smallest absolute Gasteiger partial charge is 0.308 e. The minimum Gasteiger partial charge on any atom is -0.483 e. The van der Waals surface area contributed by atoms with Gasteiger partial charge in [-0.3, -0.25) is 9.59 Å². The Balaban J connectivity index is 1.92. The van der Waals surface area contributed by atoms with Gasteiger partial charge in [-0.05, 0) is 43.9 Å². The average molecular weight is 319 g/mol. The predicted octanol–water partition coefficient (Wildman–Crippen LogP) is 2.83. The molecule has 5 nitrogen and oxygen atoms in total. The van der Waals surface area contributed by atoms with Gasteiger partial charge in [0.25, 0.3) is 5.91 Å². The monoisotopic (exact) mass is 319 g/mol. The Kier molecular flexibility index (Phi) is 6.02. The summed E-state index contributed by atoms with van der Waals surface area (Å²) >= 11 is 0. The van der Waals surface area contributed by atoms with E-state index < -0.39 is 11.9 Å². The van der Waals surface area contributed by atoms with Crippen LogP contribution >= 0.6 is 0 Å². The van der Waals surface area contributed by atoms with E-state index in [4.69, 9.17) is 4.74 Å². The van der Waals surface area contributed by atoms with Gasteiger partial charge in [-0.25, -0.2) is 0 Å². The number of nitrogens with one attached hydrogen (secondary N) is 1. The zero-order valence-corrected chi connectivity index (χ0v) is 13.8. The molecule has 0 aliphatic heterocycles. The number of hydrogen-bond donors (Lipinski definition) is 2. The summed E-state index contributed by atoms with van der Waals surface area (Å²) in [5, 5.41) is 12.2. The Hall–Kier alpha value is -2.04. The molecule has 23 heavy (non-hydrogen) atoms. The molecule has 1 fully saturated rings. The molecule has 126 valence electrons. The average Bonchev–Trinajstić information content (AvgIpc) is 2.73. The summed E-state index contributed by atoms with van der Waals surface area (Å²) < 4.78 is 5.59. The van der Waals surface area contributed by atoms with Gasteiger partial charge in [0.2, 0.25) is 0 Å². The molecular weight excluding hydrogens is 294 g/mol. The summed E-state index contributed by atoms with van der Waals surface area (Å²) in [6, 6.07) is 5.54. The van der Waals surface area contributed by atoms with Crippen molar-refractivity contribution in [3.8, 4) is 5.75 Å². The Labute approximate surface area is 137 Å². The molecule has 0 bridgehead atoms. The van der Waals surface area contributed by atoms with Crippen molar-refractivity contribution in [2.45, 2.75) is 52.0 Å². The molecule has 2 N–H and O–H groups in total. The highest BCUT2D eigenvalue weighted by Crippen LogP contribution is 2.24. The van der Waals surface area contributed by atoms with Crippen LogP contribution in [0.5, 0.6) is 5.75 Å². The van der Waals surface area contributed by atoms with Gasteiger partial charge in [0, 0.05) is 6.04 Å². The second kappa shape index (κ2) is 7.99. The van der Waals surface area contributed by atoms with E-state index in [0.29, 0.717) is 18.6 Å². The summed E-state index contributed by atoms with van der Waals surface area (Å²) in [6.45, 7) is 3.81. The highest BCUT2D eigenvalue weighted by atomic mass is 16.5. The number of amides is 1. The number of aryl methyl sites for hydroxylation is 2. The molecule has 0 unspecified atom stereocenters. The van der Waals surface area contributed by atoms with Crippen LogP contribution in [0.2, 0.25) is 0 Å². The molecule has 0 aromatic heterocycles. The maximum atomic E-state index is 12.1. The van der Waals surface area contributed by atoms with Gasteiger partial charge in [0.05, 0.1) is 5.92 Å². The van der Waals surface area contributed by atoms with Crippen LogP contribution in [-0.2, 0) is 9.59 Å². The minimum atomic E-state index is -0.826. The maximum absolute atomic E-state index is 12.1. The van der Waals surface area contributed by atoms with Crippen LogP contribution in [-0.4, -0.2) is 29.6 Å². The fraction of sp³-hybridized carbons (Fsp3) is 0.556. The van der Waals surface area contributed by atoms with Gasteiger partial charge in [0.1, 0.15) is 5.75 Å². The lowest BCUT2D eigenvalue weighted by Crippen LogP contribution is -2.44. The number of benzene rings is 1. The number of carboxylic acids is 1. The first-order chi connectivity index (χ1) is 11.0. The van der Waals surface area contributed by atoms with Crippen LogP contribution in [0.25, 0.3) is 0 Å². The highest BCUT2D eigenvalue weighted by Gasteiger charge is 2.30. The third-order valence-electron chi connectivity index (χ3n) is 4.38. The Morgan fingerprint density at radius 1 is 1.22 bits per heavy atom. The lowest BCUT2D eigenvalue weighted by molar-refractivity contribution is -0.143. The number of carboxylic acid groups (broad SMARTS) is 1. The van der Waals surface area contributed by atoms with Crippen molar-refractivity contribution in [1.82, 2.24) is 5.32 Å².